The third-order valence-electron chi connectivity index (χ3n) is 5.04. The fraction of sp³-hybridized carbons (Fsp3) is 0.400. The zero-order valence-electron chi connectivity index (χ0n) is 16.3. The molecule has 2 aromatic heterocycles. The Kier molecular flexibility index (Phi) is 5.33. The van der Waals surface area contributed by atoms with Gasteiger partial charge in [-0.15, -0.1) is 0 Å². The number of aryl methyl sites for hydroxylation is 1. The fourth-order valence-electron chi connectivity index (χ4n) is 3.62. The second-order valence-corrected chi connectivity index (χ2v) is 7.10. The van der Waals surface area contributed by atoms with Crippen LogP contribution in [0, 0.1) is 18.6 Å². The van der Waals surface area contributed by atoms with Crippen molar-refractivity contribution >= 4 is 22.9 Å². The topological polar surface area (TPSA) is 91.3 Å². The normalized spacial score (nSPS) is 18.5. The first-order valence-electron chi connectivity index (χ1n) is 9.53. The maximum atomic E-state index is 15.6. The average molecular weight is 403 g/mol. The van der Waals surface area contributed by atoms with Gasteiger partial charge in [0, 0.05) is 39.0 Å². The molecule has 0 unspecified atom stereocenters. The number of fused-ring (bicyclic) bond motifs is 1. The number of pyridine rings is 2. The van der Waals surface area contributed by atoms with Gasteiger partial charge in [-0.05, 0) is 12.5 Å². The number of aromatic nitrogens is 2. The van der Waals surface area contributed by atoms with Gasteiger partial charge in [0.2, 0.25) is 0 Å². The number of nitrogens with one attached hydrogen (secondary N) is 3. The number of halogens is 2. The van der Waals surface area contributed by atoms with Crippen LogP contribution in [0.2, 0.25) is 0 Å². The molecule has 7 nitrogen and oxygen atoms in total. The third kappa shape index (κ3) is 3.75. The molecule has 0 aromatic carbocycles. The average Bonchev–Trinajstić information content (AvgIpc) is 3.04. The molecular weight excluding hydrogens is 380 g/mol. The summed E-state index contributed by atoms with van der Waals surface area (Å²) in [6.45, 7) is 2.92. The molecule has 1 atom stereocenters. The first-order chi connectivity index (χ1) is 14.0. The predicted molar refractivity (Wildman–Crippen MR) is 107 cm³/mol. The van der Waals surface area contributed by atoms with Crippen LogP contribution in [0.1, 0.15) is 23.4 Å². The smallest absolute Gasteiger partial charge is 0.177 e. The van der Waals surface area contributed by atoms with E-state index in [9.17, 15) is 9.50 Å². The molecule has 0 radical (unpaired) electrons. The molecule has 0 spiro atoms. The van der Waals surface area contributed by atoms with Crippen LogP contribution in [0.5, 0.6) is 5.75 Å². The molecule has 0 aliphatic carbocycles. The highest BCUT2D eigenvalue weighted by atomic mass is 19.1. The van der Waals surface area contributed by atoms with Crippen molar-refractivity contribution in [2.24, 2.45) is 0 Å². The van der Waals surface area contributed by atoms with Crippen LogP contribution in [0.25, 0.3) is 5.57 Å². The molecule has 4 rings (SSSR count). The number of aliphatic hydroxyl groups excluding tert-OH is 1. The molecule has 154 valence electrons. The Morgan fingerprint density at radius 1 is 1.28 bits per heavy atom. The van der Waals surface area contributed by atoms with Gasteiger partial charge in [-0.25, -0.2) is 18.7 Å². The van der Waals surface area contributed by atoms with Crippen LogP contribution < -0.4 is 20.7 Å². The van der Waals surface area contributed by atoms with Gasteiger partial charge in [0.15, 0.2) is 23.2 Å². The first kappa shape index (κ1) is 19.5. The zero-order valence-corrected chi connectivity index (χ0v) is 16.3. The monoisotopic (exact) mass is 403 g/mol. The zero-order chi connectivity index (χ0) is 20.5. The fourth-order valence-corrected chi connectivity index (χ4v) is 3.62. The van der Waals surface area contributed by atoms with Crippen LogP contribution in [0.3, 0.4) is 0 Å². The molecule has 9 heteroatoms. The van der Waals surface area contributed by atoms with Crippen molar-refractivity contribution in [3.63, 3.8) is 0 Å². The van der Waals surface area contributed by atoms with Crippen molar-refractivity contribution in [1.82, 2.24) is 15.3 Å². The van der Waals surface area contributed by atoms with Gasteiger partial charge in [0.25, 0.3) is 0 Å². The van der Waals surface area contributed by atoms with Crippen molar-refractivity contribution in [2.45, 2.75) is 25.9 Å². The van der Waals surface area contributed by atoms with Crippen LogP contribution in [-0.2, 0) is 6.42 Å². The van der Waals surface area contributed by atoms with Crippen molar-refractivity contribution < 1.29 is 18.6 Å². The minimum Gasteiger partial charge on any atom is -0.491 e. The van der Waals surface area contributed by atoms with Crippen molar-refractivity contribution in [1.29, 1.82) is 0 Å². The van der Waals surface area contributed by atoms with Gasteiger partial charge < -0.3 is 25.8 Å². The van der Waals surface area contributed by atoms with E-state index in [1.54, 1.807) is 7.05 Å². The van der Waals surface area contributed by atoms with Gasteiger partial charge in [-0.3, -0.25) is 0 Å². The summed E-state index contributed by atoms with van der Waals surface area (Å²) in [4.78, 5) is 8.53. The first-order valence-corrected chi connectivity index (χ1v) is 9.53. The van der Waals surface area contributed by atoms with Gasteiger partial charge in [-0.2, -0.15) is 0 Å². The summed E-state index contributed by atoms with van der Waals surface area (Å²) in [5, 5.41) is 18.9. The van der Waals surface area contributed by atoms with Crippen LogP contribution in [0.15, 0.2) is 12.1 Å². The molecule has 29 heavy (non-hydrogen) atoms. The van der Waals surface area contributed by atoms with E-state index >= 15 is 4.39 Å². The molecule has 4 N–H and O–H groups in total. The van der Waals surface area contributed by atoms with Crippen molar-refractivity contribution in [2.75, 3.05) is 37.4 Å². The van der Waals surface area contributed by atoms with E-state index in [0.717, 1.165) is 0 Å². The standard InChI is InChI=1S/C20H23F2N5O2/c1-10-17(21)14(23-2)8-15(25-10)27-20-18(22)16(19-13(26-20)4-6-29-19)11-3-5-24-9-12(28)7-11/h3,8,12,24,28H,4-7,9H2,1-2H3,(H2,23,25,26,27)/t12-/m1/s1. The Hall–Kier alpha value is -2.78. The maximum absolute atomic E-state index is 15.6. The van der Waals surface area contributed by atoms with E-state index in [0.29, 0.717) is 55.1 Å². The Balaban J connectivity index is 1.78. The molecule has 2 aliphatic heterocycles. The van der Waals surface area contributed by atoms with E-state index in [2.05, 4.69) is 25.9 Å². The van der Waals surface area contributed by atoms with Crippen LogP contribution >= 0.6 is 0 Å². The summed E-state index contributed by atoms with van der Waals surface area (Å²) in [6.07, 6.45) is 2.11. The minimum atomic E-state index is -0.621. The van der Waals surface area contributed by atoms with E-state index in [1.165, 1.54) is 13.0 Å². The van der Waals surface area contributed by atoms with Crippen LogP contribution in [-0.4, -0.2) is 47.9 Å². The Bertz CT molecular complexity index is 980. The Labute approximate surface area is 167 Å². The van der Waals surface area contributed by atoms with E-state index in [-0.39, 0.29) is 23.0 Å². The number of hydrogen-bond donors (Lipinski definition) is 4. The lowest BCUT2D eigenvalue weighted by Crippen LogP contribution is -2.24. The number of ether oxygens (including phenoxy) is 1. The summed E-state index contributed by atoms with van der Waals surface area (Å²) < 4.78 is 35.3. The van der Waals surface area contributed by atoms with Crippen molar-refractivity contribution in [3.05, 3.63) is 40.7 Å². The second kappa shape index (κ2) is 7.92. The molecule has 0 fully saturated rings. The van der Waals surface area contributed by atoms with Gasteiger partial charge >= 0.3 is 0 Å². The maximum Gasteiger partial charge on any atom is 0.177 e. The Morgan fingerprint density at radius 3 is 2.90 bits per heavy atom. The van der Waals surface area contributed by atoms with Gasteiger partial charge in [0.05, 0.1) is 35.3 Å². The molecule has 0 bridgehead atoms. The van der Waals surface area contributed by atoms with E-state index < -0.39 is 17.7 Å². The Morgan fingerprint density at radius 2 is 2.10 bits per heavy atom. The molecule has 0 saturated heterocycles. The second-order valence-electron chi connectivity index (χ2n) is 7.10. The third-order valence-corrected chi connectivity index (χ3v) is 5.04. The summed E-state index contributed by atoms with van der Waals surface area (Å²) >= 11 is 0. The SMILES string of the molecule is CNc1cc(Nc2nc3c(c(C4=CCNC[C@H](O)C4)c2F)OCC3)nc(C)c1F. The summed E-state index contributed by atoms with van der Waals surface area (Å²) in [6, 6.07) is 1.46. The highest BCUT2D eigenvalue weighted by Gasteiger charge is 2.29. The molecular formula is C20H23F2N5O2. The number of nitrogens with zero attached hydrogens (tertiary/aromatic N) is 2. The summed E-state index contributed by atoms with van der Waals surface area (Å²) in [7, 11) is 1.60. The number of hydrogen-bond acceptors (Lipinski definition) is 7. The lowest BCUT2D eigenvalue weighted by molar-refractivity contribution is 0.180. The quantitative estimate of drug-likeness (QED) is 0.624. The minimum absolute atomic E-state index is 0.00240. The highest BCUT2D eigenvalue weighted by Crippen LogP contribution is 2.40. The van der Waals surface area contributed by atoms with E-state index in [1.807, 2.05) is 6.08 Å². The van der Waals surface area contributed by atoms with Gasteiger partial charge in [-0.1, -0.05) is 6.08 Å². The highest BCUT2D eigenvalue weighted by molar-refractivity contribution is 5.76. The number of aliphatic hydroxyl groups is 1. The summed E-state index contributed by atoms with van der Waals surface area (Å²) in [5.74, 6) is -0.341. The molecule has 2 aromatic rings. The summed E-state index contributed by atoms with van der Waals surface area (Å²) in [5.41, 5.74) is 2.06. The number of β-amino-alcohol motifs (C(OH)–C–C–N with tert-alkyl or cyclic N) is 1. The molecule has 0 amide bonds. The molecule has 0 saturated carbocycles. The van der Waals surface area contributed by atoms with Crippen LogP contribution in [0.4, 0.5) is 26.1 Å². The largest absolute Gasteiger partial charge is 0.491 e. The molecule has 4 heterocycles. The number of rotatable bonds is 4. The van der Waals surface area contributed by atoms with Crippen molar-refractivity contribution in [3.8, 4) is 5.75 Å². The predicted octanol–water partition coefficient (Wildman–Crippen LogP) is 2.52. The lowest BCUT2D eigenvalue weighted by Gasteiger charge is -2.17. The number of anilines is 3. The van der Waals surface area contributed by atoms with Gasteiger partial charge in [0.1, 0.15) is 5.82 Å². The molecule has 2 aliphatic rings. The lowest BCUT2D eigenvalue weighted by atomic mass is 9.98. The van der Waals surface area contributed by atoms with E-state index in [4.69, 9.17) is 4.74 Å².